The lowest BCUT2D eigenvalue weighted by atomic mass is 9.95. The topological polar surface area (TPSA) is 17.1 Å². The summed E-state index contributed by atoms with van der Waals surface area (Å²) in [7, 11) is 0. The fraction of sp³-hybridized carbons (Fsp3) is 0.500. The van der Waals surface area contributed by atoms with E-state index in [-0.39, 0.29) is 0 Å². The predicted octanol–water partition coefficient (Wildman–Crippen LogP) is 1.30. The first-order valence-electron chi connectivity index (χ1n) is 2.57. The van der Waals surface area contributed by atoms with E-state index in [0.29, 0.717) is 12.2 Å². The highest BCUT2D eigenvalue weighted by molar-refractivity contribution is 6.02. The van der Waals surface area contributed by atoms with Gasteiger partial charge in [0.2, 0.25) is 0 Å². The highest BCUT2D eigenvalue weighted by atomic mass is 16.1. The molecule has 0 amide bonds. The van der Waals surface area contributed by atoms with Crippen molar-refractivity contribution in [2.45, 2.75) is 19.8 Å². The van der Waals surface area contributed by atoms with E-state index in [4.69, 9.17) is 0 Å². The summed E-state index contributed by atoms with van der Waals surface area (Å²) in [5, 5.41) is 0. The Morgan fingerprint density at radius 3 is 2.57 bits per heavy atom. The minimum absolute atomic E-state index is 0.336. The van der Waals surface area contributed by atoms with Gasteiger partial charge in [-0.05, 0) is 12.0 Å². The number of ketones is 1. The summed E-state index contributed by atoms with van der Waals surface area (Å²) in [5.74, 6) is 0.336. The van der Waals surface area contributed by atoms with Crippen LogP contribution >= 0.6 is 0 Å². The average molecular weight is 96.1 g/mol. The molecule has 0 heterocycles. The zero-order valence-electron chi connectivity index (χ0n) is 4.40. The minimum atomic E-state index is 0.336. The van der Waals surface area contributed by atoms with Crippen molar-refractivity contribution in [3.8, 4) is 0 Å². The van der Waals surface area contributed by atoms with Crippen molar-refractivity contribution in [1.29, 1.82) is 0 Å². The van der Waals surface area contributed by atoms with Crippen LogP contribution in [0.2, 0.25) is 0 Å². The molecule has 0 atom stereocenters. The van der Waals surface area contributed by atoms with Crippen molar-refractivity contribution in [3.63, 3.8) is 0 Å². The van der Waals surface area contributed by atoms with E-state index in [9.17, 15) is 4.79 Å². The molecule has 1 rings (SSSR count). The van der Waals surface area contributed by atoms with Crippen molar-refractivity contribution >= 4 is 5.78 Å². The smallest absolute Gasteiger partial charge is 0.162 e. The standard InChI is InChI=1S/C6H8O/c1-2-5-3-4-6(5)7/h3H,2,4H2,1H3. The van der Waals surface area contributed by atoms with Crippen molar-refractivity contribution < 1.29 is 4.79 Å². The van der Waals surface area contributed by atoms with E-state index in [2.05, 4.69) is 0 Å². The molecule has 1 aliphatic carbocycles. The largest absolute Gasteiger partial charge is 0.294 e. The summed E-state index contributed by atoms with van der Waals surface area (Å²) >= 11 is 0. The van der Waals surface area contributed by atoms with Crippen LogP contribution in [0.3, 0.4) is 0 Å². The molecule has 1 aliphatic rings. The van der Waals surface area contributed by atoms with Gasteiger partial charge in [0.15, 0.2) is 5.78 Å². The number of rotatable bonds is 1. The Morgan fingerprint density at radius 2 is 2.57 bits per heavy atom. The first kappa shape index (κ1) is 4.57. The fourth-order valence-corrected chi connectivity index (χ4v) is 0.671. The lowest BCUT2D eigenvalue weighted by molar-refractivity contribution is -0.116. The quantitative estimate of drug-likeness (QED) is 0.480. The average Bonchev–Trinajstić information content (AvgIpc) is 1.65. The van der Waals surface area contributed by atoms with Crippen LogP contribution in [-0.4, -0.2) is 5.78 Å². The van der Waals surface area contributed by atoms with Gasteiger partial charge in [-0.25, -0.2) is 0 Å². The molecule has 1 heteroatoms. The first-order chi connectivity index (χ1) is 3.34. The van der Waals surface area contributed by atoms with E-state index in [0.717, 1.165) is 12.0 Å². The van der Waals surface area contributed by atoms with Gasteiger partial charge in [-0.1, -0.05) is 13.0 Å². The Balaban J connectivity index is 2.57. The number of carbonyl (C=O) groups excluding carboxylic acids is 1. The summed E-state index contributed by atoms with van der Waals surface area (Å²) < 4.78 is 0. The van der Waals surface area contributed by atoms with Crippen LogP contribution in [-0.2, 0) is 4.79 Å². The number of Topliss-reactive ketones (excluding diaryl/α,β-unsaturated/α-hetero) is 1. The normalized spacial score (nSPS) is 18.4. The van der Waals surface area contributed by atoms with E-state index in [1.54, 1.807) is 0 Å². The van der Waals surface area contributed by atoms with Gasteiger partial charge in [0.25, 0.3) is 0 Å². The number of hydrogen-bond donors (Lipinski definition) is 0. The number of allylic oxidation sites excluding steroid dienone is 2. The maximum atomic E-state index is 10.4. The van der Waals surface area contributed by atoms with Crippen LogP contribution in [0.25, 0.3) is 0 Å². The monoisotopic (exact) mass is 96.1 g/mol. The molecule has 0 saturated heterocycles. The molecule has 0 spiro atoms. The van der Waals surface area contributed by atoms with Gasteiger partial charge in [-0.2, -0.15) is 0 Å². The van der Waals surface area contributed by atoms with E-state index >= 15 is 0 Å². The molecular weight excluding hydrogens is 88.1 g/mol. The van der Waals surface area contributed by atoms with Crippen LogP contribution in [0.5, 0.6) is 0 Å². The second-order valence-corrected chi connectivity index (χ2v) is 1.71. The third-order valence-electron chi connectivity index (χ3n) is 1.27. The first-order valence-corrected chi connectivity index (χ1v) is 2.57. The van der Waals surface area contributed by atoms with Crippen LogP contribution in [0.4, 0.5) is 0 Å². The maximum Gasteiger partial charge on any atom is 0.162 e. The lowest BCUT2D eigenvalue weighted by Crippen LogP contribution is -2.08. The molecule has 7 heavy (non-hydrogen) atoms. The molecule has 0 aliphatic heterocycles. The van der Waals surface area contributed by atoms with Crippen molar-refractivity contribution in [1.82, 2.24) is 0 Å². The molecule has 0 N–H and O–H groups in total. The summed E-state index contributed by atoms with van der Waals surface area (Å²) in [6.45, 7) is 2.00. The highest BCUT2D eigenvalue weighted by Gasteiger charge is 2.13. The fourth-order valence-electron chi connectivity index (χ4n) is 0.671. The predicted molar refractivity (Wildman–Crippen MR) is 28.0 cm³/mol. The summed E-state index contributed by atoms with van der Waals surface area (Å²) in [6.07, 6.45) is 3.59. The Bertz CT molecular complexity index is 122. The Kier molecular flexibility index (Phi) is 0.970. The van der Waals surface area contributed by atoms with Crippen LogP contribution in [0.15, 0.2) is 11.6 Å². The molecule has 0 bridgehead atoms. The van der Waals surface area contributed by atoms with Crippen molar-refractivity contribution in [3.05, 3.63) is 11.6 Å². The third-order valence-corrected chi connectivity index (χ3v) is 1.27. The zero-order chi connectivity index (χ0) is 5.28. The van der Waals surface area contributed by atoms with Crippen molar-refractivity contribution in [2.24, 2.45) is 0 Å². The lowest BCUT2D eigenvalue weighted by Gasteiger charge is -2.08. The second kappa shape index (κ2) is 1.49. The molecule has 38 valence electrons. The van der Waals surface area contributed by atoms with E-state index in [1.807, 2.05) is 13.0 Å². The molecule has 0 radical (unpaired) electrons. The molecule has 0 fully saturated rings. The van der Waals surface area contributed by atoms with Crippen molar-refractivity contribution in [2.75, 3.05) is 0 Å². The molecule has 1 nitrogen and oxygen atoms in total. The van der Waals surface area contributed by atoms with Gasteiger partial charge in [-0.15, -0.1) is 0 Å². The van der Waals surface area contributed by atoms with Gasteiger partial charge >= 0.3 is 0 Å². The van der Waals surface area contributed by atoms with Gasteiger partial charge in [0, 0.05) is 6.42 Å². The van der Waals surface area contributed by atoms with Gasteiger partial charge in [0.05, 0.1) is 0 Å². The molecule has 0 aromatic heterocycles. The Hall–Kier alpha value is -0.590. The number of carbonyl (C=O) groups is 1. The summed E-state index contributed by atoms with van der Waals surface area (Å²) in [4.78, 5) is 10.4. The molecule has 0 aromatic rings. The molecule has 0 aromatic carbocycles. The van der Waals surface area contributed by atoms with Crippen LogP contribution in [0.1, 0.15) is 19.8 Å². The summed E-state index contributed by atoms with van der Waals surface area (Å²) in [5.41, 5.74) is 1.01. The highest BCUT2D eigenvalue weighted by Crippen LogP contribution is 2.15. The Labute approximate surface area is 43.0 Å². The van der Waals surface area contributed by atoms with Gasteiger partial charge in [0.1, 0.15) is 0 Å². The Morgan fingerprint density at radius 1 is 1.86 bits per heavy atom. The second-order valence-electron chi connectivity index (χ2n) is 1.71. The molecule has 0 unspecified atom stereocenters. The van der Waals surface area contributed by atoms with Gasteiger partial charge in [-0.3, -0.25) is 4.79 Å². The van der Waals surface area contributed by atoms with E-state index < -0.39 is 0 Å². The SMILES string of the molecule is CCC1=CCC1=O. The maximum absolute atomic E-state index is 10.4. The summed E-state index contributed by atoms with van der Waals surface area (Å²) in [6, 6.07) is 0. The number of hydrogen-bond acceptors (Lipinski definition) is 1. The van der Waals surface area contributed by atoms with Crippen LogP contribution < -0.4 is 0 Å². The zero-order valence-corrected chi connectivity index (χ0v) is 4.40. The minimum Gasteiger partial charge on any atom is -0.294 e. The third kappa shape index (κ3) is 0.581. The molecular formula is C6H8O. The van der Waals surface area contributed by atoms with Crippen LogP contribution in [0, 0.1) is 0 Å². The van der Waals surface area contributed by atoms with Gasteiger partial charge < -0.3 is 0 Å². The molecule has 0 saturated carbocycles. The van der Waals surface area contributed by atoms with E-state index in [1.165, 1.54) is 0 Å².